The topological polar surface area (TPSA) is 35.5 Å². The molecule has 0 N–H and O–H groups in total. The Morgan fingerprint density at radius 1 is 1.38 bits per heavy atom. The molecule has 1 aliphatic heterocycles. The molecule has 1 aliphatic rings. The van der Waals surface area contributed by atoms with Crippen LogP contribution in [0.3, 0.4) is 0 Å². The fourth-order valence-electron chi connectivity index (χ4n) is 1.64. The van der Waals surface area contributed by atoms with Gasteiger partial charge in [0, 0.05) is 0 Å². The quantitative estimate of drug-likeness (QED) is 0.629. The van der Waals surface area contributed by atoms with E-state index in [1.54, 1.807) is 0 Å². The Hall–Kier alpha value is -0.570. The zero-order valence-corrected chi connectivity index (χ0v) is 8.41. The maximum atomic E-state index is 11.1. The minimum atomic E-state index is -0.135. The van der Waals surface area contributed by atoms with E-state index in [1.165, 1.54) is 0 Å². The van der Waals surface area contributed by atoms with Crippen LogP contribution in [0.25, 0.3) is 0 Å². The van der Waals surface area contributed by atoms with Crippen LogP contribution in [0.1, 0.15) is 39.5 Å². The summed E-state index contributed by atoms with van der Waals surface area (Å²) in [6.45, 7) is 4.39. The summed E-state index contributed by atoms with van der Waals surface area (Å²) in [4.78, 5) is 11.1. The third-order valence-electron chi connectivity index (χ3n) is 2.35. The standard InChI is InChI=1S/C10H18O3/c1-3-8-5-6-9(13-8)7-10(11)12-4-2/h8-9H,3-7H2,1-2H3/t8-,9-/m1/s1. The minimum Gasteiger partial charge on any atom is -0.466 e. The second-order valence-electron chi connectivity index (χ2n) is 3.37. The van der Waals surface area contributed by atoms with Gasteiger partial charge in [0.15, 0.2) is 0 Å². The van der Waals surface area contributed by atoms with E-state index in [1.807, 2.05) is 6.92 Å². The maximum Gasteiger partial charge on any atom is 0.308 e. The first-order chi connectivity index (χ1) is 6.26. The molecule has 3 nitrogen and oxygen atoms in total. The number of hydrogen-bond donors (Lipinski definition) is 0. The van der Waals surface area contributed by atoms with Gasteiger partial charge in [-0.1, -0.05) is 6.92 Å². The molecule has 3 heteroatoms. The van der Waals surface area contributed by atoms with Crippen LogP contribution in [-0.2, 0) is 14.3 Å². The van der Waals surface area contributed by atoms with Gasteiger partial charge in [-0.25, -0.2) is 0 Å². The van der Waals surface area contributed by atoms with Gasteiger partial charge in [-0.3, -0.25) is 4.79 Å². The molecule has 13 heavy (non-hydrogen) atoms. The summed E-state index contributed by atoms with van der Waals surface area (Å²) >= 11 is 0. The predicted octanol–water partition coefficient (Wildman–Crippen LogP) is 1.90. The molecule has 0 bridgehead atoms. The lowest BCUT2D eigenvalue weighted by molar-refractivity contribution is -0.146. The van der Waals surface area contributed by atoms with Crippen molar-refractivity contribution in [2.45, 2.75) is 51.7 Å². The highest BCUT2D eigenvalue weighted by Gasteiger charge is 2.26. The molecule has 0 radical (unpaired) electrons. The van der Waals surface area contributed by atoms with Crippen molar-refractivity contribution in [1.29, 1.82) is 0 Å². The fourth-order valence-corrected chi connectivity index (χ4v) is 1.64. The molecule has 2 atom stereocenters. The van der Waals surface area contributed by atoms with Crippen LogP contribution in [-0.4, -0.2) is 24.8 Å². The summed E-state index contributed by atoms with van der Waals surface area (Å²) in [5, 5.41) is 0. The van der Waals surface area contributed by atoms with Gasteiger partial charge in [0.2, 0.25) is 0 Å². The smallest absolute Gasteiger partial charge is 0.308 e. The molecule has 76 valence electrons. The molecular weight excluding hydrogens is 168 g/mol. The summed E-state index contributed by atoms with van der Waals surface area (Å²) in [6.07, 6.45) is 4.00. The van der Waals surface area contributed by atoms with Crippen molar-refractivity contribution in [3.8, 4) is 0 Å². The second-order valence-corrected chi connectivity index (χ2v) is 3.37. The van der Waals surface area contributed by atoms with E-state index >= 15 is 0 Å². The Labute approximate surface area is 79.4 Å². The average molecular weight is 186 g/mol. The molecule has 0 aromatic rings. The Kier molecular flexibility index (Phi) is 4.22. The third kappa shape index (κ3) is 3.35. The van der Waals surface area contributed by atoms with E-state index in [0.717, 1.165) is 19.3 Å². The largest absolute Gasteiger partial charge is 0.466 e. The van der Waals surface area contributed by atoms with Crippen molar-refractivity contribution < 1.29 is 14.3 Å². The Morgan fingerprint density at radius 2 is 2.08 bits per heavy atom. The molecule has 1 fully saturated rings. The van der Waals surface area contributed by atoms with Crippen LogP contribution in [0.15, 0.2) is 0 Å². The van der Waals surface area contributed by atoms with Gasteiger partial charge in [0.1, 0.15) is 0 Å². The van der Waals surface area contributed by atoms with E-state index in [4.69, 9.17) is 9.47 Å². The lowest BCUT2D eigenvalue weighted by Crippen LogP contribution is -2.16. The van der Waals surface area contributed by atoms with Gasteiger partial charge in [-0.15, -0.1) is 0 Å². The molecule has 0 unspecified atom stereocenters. The molecule has 0 spiro atoms. The van der Waals surface area contributed by atoms with Gasteiger partial charge < -0.3 is 9.47 Å². The zero-order chi connectivity index (χ0) is 9.68. The summed E-state index contributed by atoms with van der Waals surface area (Å²) in [6, 6.07) is 0. The van der Waals surface area contributed by atoms with Crippen LogP contribution >= 0.6 is 0 Å². The normalized spacial score (nSPS) is 27.5. The van der Waals surface area contributed by atoms with E-state index in [0.29, 0.717) is 19.1 Å². The van der Waals surface area contributed by atoms with Crippen LogP contribution in [0, 0.1) is 0 Å². The summed E-state index contributed by atoms with van der Waals surface area (Å²) in [5.74, 6) is -0.135. The average Bonchev–Trinajstić information content (AvgIpc) is 2.52. The molecule has 0 aromatic carbocycles. The first-order valence-corrected chi connectivity index (χ1v) is 5.07. The molecule has 0 aliphatic carbocycles. The number of carbonyl (C=O) groups excluding carboxylic acids is 1. The Balaban J connectivity index is 2.19. The van der Waals surface area contributed by atoms with Crippen LogP contribution < -0.4 is 0 Å². The van der Waals surface area contributed by atoms with Gasteiger partial charge in [-0.2, -0.15) is 0 Å². The monoisotopic (exact) mass is 186 g/mol. The Morgan fingerprint density at radius 3 is 2.62 bits per heavy atom. The van der Waals surface area contributed by atoms with E-state index in [9.17, 15) is 4.79 Å². The highest BCUT2D eigenvalue weighted by molar-refractivity contribution is 5.69. The first kappa shape index (κ1) is 10.5. The van der Waals surface area contributed by atoms with E-state index in [-0.39, 0.29) is 12.1 Å². The third-order valence-corrected chi connectivity index (χ3v) is 2.35. The molecule has 1 heterocycles. The zero-order valence-electron chi connectivity index (χ0n) is 8.41. The van der Waals surface area contributed by atoms with Gasteiger partial charge in [-0.05, 0) is 26.2 Å². The molecular formula is C10H18O3. The van der Waals surface area contributed by atoms with Crippen LogP contribution in [0.4, 0.5) is 0 Å². The number of hydrogen-bond acceptors (Lipinski definition) is 3. The van der Waals surface area contributed by atoms with Crippen LogP contribution in [0.2, 0.25) is 0 Å². The van der Waals surface area contributed by atoms with Crippen molar-refractivity contribution in [3.05, 3.63) is 0 Å². The molecule has 0 amide bonds. The fraction of sp³-hybridized carbons (Fsp3) is 0.900. The molecule has 0 saturated carbocycles. The van der Waals surface area contributed by atoms with E-state index in [2.05, 4.69) is 6.92 Å². The summed E-state index contributed by atoms with van der Waals surface area (Å²) in [5.41, 5.74) is 0. The number of ether oxygens (including phenoxy) is 2. The van der Waals surface area contributed by atoms with Crippen molar-refractivity contribution in [3.63, 3.8) is 0 Å². The van der Waals surface area contributed by atoms with Gasteiger partial charge >= 0.3 is 5.97 Å². The van der Waals surface area contributed by atoms with Crippen molar-refractivity contribution >= 4 is 5.97 Å². The van der Waals surface area contributed by atoms with Gasteiger partial charge in [0.25, 0.3) is 0 Å². The second kappa shape index (κ2) is 5.22. The SMILES string of the molecule is CCOC(=O)C[C@H]1CC[C@@H](CC)O1. The highest BCUT2D eigenvalue weighted by atomic mass is 16.5. The molecule has 1 saturated heterocycles. The van der Waals surface area contributed by atoms with Crippen LogP contribution in [0.5, 0.6) is 0 Å². The minimum absolute atomic E-state index is 0.101. The number of esters is 1. The maximum absolute atomic E-state index is 11.1. The lowest BCUT2D eigenvalue weighted by Gasteiger charge is -2.11. The first-order valence-electron chi connectivity index (χ1n) is 5.07. The Bertz CT molecular complexity index is 168. The summed E-state index contributed by atoms with van der Waals surface area (Å²) in [7, 11) is 0. The molecule has 1 rings (SSSR count). The van der Waals surface area contributed by atoms with Crippen molar-refractivity contribution in [2.75, 3.05) is 6.61 Å². The highest BCUT2D eigenvalue weighted by Crippen LogP contribution is 2.24. The molecule has 0 aromatic heterocycles. The summed E-state index contributed by atoms with van der Waals surface area (Å²) < 4.78 is 10.5. The van der Waals surface area contributed by atoms with Crippen molar-refractivity contribution in [2.24, 2.45) is 0 Å². The number of rotatable bonds is 4. The van der Waals surface area contributed by atoms with E-state index < -0.39 is 0 Å². The number of carbonyl (C=O) groups is 1. The lowest BCUT2D eigenvalue weighted by atomic mass is 10.1. The van der Waals surface area contributed by atoms with Crippen molar-refractivity contribution in [1.82, 2.24) is 0 Å². The predicted molar refractivity (Wildman–Crippen MR) is 49.4 cm³/mol. The van der Waals surface area contributed by atoms with Gasteiger partial charge in [0.05, 0.1) is 25.2 Å².